The van der Waals surface area contributed by atoms with E-state index in [0.29, 0.717) is 22.2 Å². The van der Waals surface area contributed by atoms with Gasteiger partial charge in [-0.3, -0.25) is 4.79 Å². The number of anilines is 1. The Bertz CT molecular complexity index is 471. The van der Waals surface area contributed by atoms with Gasteiger partial charge in [0.25, 0.3) is 0 Å². The Morgan fingerprint density at radius 2 is 2.12 bits per heavy atom. The van der Waals surface area contributed by atoms with E-state index in [9.17, 15) is 4.79 Å². The van der Waals surface area contributed by atoms with Crippen molar-refractivity contribution in [2.24, 2.45) is 17.8 Å². The van der Waals surface area contributed by atoms with Gasteiger partial charge in [0.2, 0.25) is 0 Å². The molecule has 1 aromatic carbocycles. The highest BCUT2D eigenvalue weighted by atomic mass is 35.5. The number of ketones is 1. The van der Waals surface area contributed by atoms with Gasteiger partial charge in [-0.1, -0.05) is 18.0 Å². The van der Waals surface area contributed by atoms with E-state index in [-0.39, 0.29) is 11.7 Å². The fourth-order valence-electron chi connectivity index (χ4n) is 3.50. The van der Waals surface area contributed by atoms with Crippen molar-refractivity contribution in [2.75, 3.05) is 5.73 Å². The van der Waals surface area contributed by atoms with Crippen molar-refractivity contribution in [1.29, 1.82) is 0 Å². The van der Waals surface area contributed by atoms with Crippen LogP contribution in [-0.2, 0) is 0 Å². The summed E-state index contributed by atoms with van der Waals surface area (Å²) in [5.41, 5.74) is 6.91. The molecule has 2 aliphatic rings. The number of hydrogen-bond donors (Lipinski definition) is 1. The van der Waals surface area contributed by atoms with E-state index in [2.05, 4.69) is 0 Å². The van der Waals surface area contributed by atoms with Gasteiger partial charge in [0.1, 0.15) is 0 Å². The third-order valence-corrected chi connectivity index (χ3v) is 4.65. The summed E-state index contributed by atoms with van der Waals surface area (Å²) < 4.78 is 0. The summed E-state index contributed by atoms with van der Waals surface area (Å²) in [5, 5.41) is 0.498. The van der Waals surface area contributed by atoms with Gasteiger partial charge in [-0.15, -0.1) is 0 Å². The van der Waals surface area contributed by atoms with Gasteiger partial charge in [0.05, 0.1) is 5.02 Å². The van der Waals surface area contributed by atoms with E-state index in [1.165, 1.54) is 19.3 Å². The van der Waals surface area contributed by atoms with Crippen LogP contribution in [0.5, 0.6) is 0 Å². The number of rotatable bonds is 2. The van der Waals surface area contributed by atoms with Crippen LogP contribution in [0.15, 0.2) is 18.2 Å². The van der Waals surface area contributed by atoms with Gasteiger partial charge in [-0.25, -0.2) is 0 Å². The number of nitrogens with two attached hydrogens (primary N) is 1. The molecule has 17 heavy (non-hydrogen) atoms. The molecular weight excluding hydrogens is 234 g/mol. The van der Waals surface area contributed by atoms with Crippen molar-refractivity contribution in [3.8, 4) is 0 Å². The molecule has 0 heterocycles. The molecule has 2 aliphatic carbocycles. The van der Waals surface area contributed by atoms with Crippen molar-refractivity contribution < 1.29 is 4.79 Å². The minimum absolute atomic E-state index is 0.204. The maximum atomic E-state index is 12.4. The molecule has 2 N–H and O–H groups in total. The van der Waals surface area contributed by atoms with E-state index in [1.54, 1.807) is 18.2 Å². The predicted octanol–water partition coefficient (Wildman–Crippen LogP) is 3.54. The van der Waals surface area contributed by atoms with Crippen LogP contribution in [0.1, 0.15) is 36.0 Å². The second-order valence-corrected chi connectivity index (χ2v) is 5.79. The number of hydrogen-bond acceptors (Lipinski definition) is 2. The Balaban J connectivity index is 1.87. The average Bonchev–Trinajstić information content (AvgIpc) is 2.89. The smallest absolute Gasteiger partial charge is 0.167 e. The lowest BCUT2D eigenvalue weighted by molar-refractivity contribution is 0.0875. The van der Waals surface area contributed by atoms with Crippen LogP contribution in [0, 0.1) is 17.8 Å². The molecule has 0 saturated heterocycles. The highest BCUT2D eigenvalue weighted by Gasteiger charge is 2.43. The molecule has 0 aromatic heterocycles. The van der Waals surface area contributed by atoms with Crippen LogP contribution in [0.25, 0.3) is 0 Å². The molecule has 3 unspecified atom stereocenters. The topological polar surface area (TPSA) is 43.1 Å². The first kappa shape index (κ1) is 11.1. The Morgan fingerprint density at radius 1 is 1.29 bits per heavy atom. The largest absolute Gasteiger partial charge is 0.399 e. The summed E-state index contributed by atoms with van der Waals surface area (Å²) >= 11 is 6.10. The summed E-state index contributed by atoms with van der Waals surface area (Å²) in [6.45, 7) is 0. The summed E-state index contributed by atoms with van der Waals surface area (Å²) in [6.07, 6.45) is 4.82. The molecule has 0 aliphatic heterocycles. The molecule has 2 fully saturated rings. The van der Waals surface area contributed by atoms with E-state index >= 15 is 0 Å². The summed E-state index contributed by atoms with van der Waals surface area (Å²) in [6, 6.07) is 5.19. The number of benzene rings is 1. The Labute approximate surface area is 106 Å². The number of carbonyl (C=O) groups excluding carboxylic acids is 1. The van der Waals surface area contributed by atoms with Crippen molar-refractivity contribution in [3.05, 3.63) is 28.8 Å². The Kier molecular flexibility index (Phi) is 2.62. The number of Topliss-reactive ketones (excluding diaryl/α,β-unsaturated/α-hetero) is 1. The van der Waals surface area contributed by atoms with E-state index in [4.69, 9.17) is 17.3 Å². The molecule has 2 nitrogen and oxygen atoms in total. The Hall–Kier alpha value is -1.02. The van der Waals surface area contributed by atoms with Gasteiger partial charge in [0.15, 0.2) is 5.78 Å². The zero-order valence-corrected chi connectivity index (χ0v) is 10.4. The Morgan fingerprint density at radius 3 is 2.71 bits per heavy atom. The minimum Gasteiger partial charge on any atom is -0.399 e. The van der Waals surface area contributed by atoms with Crippen LogP contribution in [0.2, 0.25) is 5.02 Å². The van der Waals surface area contributed by atoms with Crippen LogP contribution in [-0.4, -0.2) is 5.78 Å². The molecule has 3 heteroatoms. The van der Waals surface area contributed by atoms with Crippen molar-refractivity contribution in [2.45, 2.75) is 25.7 Å². The monoisotopic (exact) mass is 249 g/mol. The predicted molar refractivity (Wildman–Crippen MR) is 69.1 cm³/mol. The summed E-state index contributed by atoms with van der Waals surface area (Å²) in [4.78, 5) is 12.4. The van der Waals surface area contributed by atoms with Crippen LogP contribution >= 0.6 is 11.6 Å². The van der Waals surface area contributed by atoms with Crippen molar-refractivity contribution in [1.82, 2.24) is 0 Å². The van der Waals surface area contributed by atoms with Crippen LogP contribution in [0.4, 0.5) is 5.69 Å². The molecule has 2 saturated carbocycles. The zero-order valence-electron chi connectivity index (χ0n) is 9.66. The third-order valence-electron chi connectivity index (χ3n) is 4.33. The summed E-state index contributed by atoms with van der Waals surface area (Å²) in [7, 11) is 0. The maximum Gasteiger partial charge on any atom is 0.167 e. The highest BCUT2D eigenvalue weighted by molar-refractivity contribution is 6.34. The number of nitrogen functional groups attached to an aromatic ring is 1. The standard InChI is InChI=1S/C14H16ClNO/c15-13-7-10(16)3-4-11(13)14(17)12-6-8-1-2-9(12)5-8/h3-4,7-9,12H,1-2,5-6,16H2. The second-order valence-electron chi connectivity index (χ2n) is 5.38. The molecule has 90 valence electrons. The number of fused-ring (bicyclic) bond motifs is 2. The van der Waals surface area contributed by atoms with E-state index < -0.39 is 0 Å². The van der Waals surface area contributed by atoms with Gasteiger partial charge < -0.3 is 5.73 Å². The molecule has 3 rings (SSSR count). The van der Waals surface area contributed by atoms with Gasteiger partial charge in [0, 0.05) is 17.2 Å². The van der Waals surface area contributed by atoms with Gasteiger partial charge in [-0.05, 0) is 49.3 Å². The lowest BCUT2D eigenvalue weighted by Gasteiger charge is -2.20. The lowest BCUT2D eigenvalue weighted by Crippen LogP contribution is -2.21. The fourth-order valence-corrected chi connectivity index (χ4v) is 3.78. The summed E-state index contributed by atoms with van der Waals surface area (Å²) in [5.74, 6) is 1.81. The number of carbonyl (C=O) groups is 1. The third kappa shape index (κ3) is 1.85. The van der Waals surface area contributed by atoms with E-state index in [0.717, 1.165) is 12.3 Å². The quantitative estimate of drug-likeness (QED) is 0.644. The SMILES string of the molecule is Nc1ccc(C(=O)C2CC3CCC2C3)c(Cl)c1. The van der Waals surface area contributed by atoms with Crippen LogP contribution < -0.4 is 5.73 Å². The first-order valence-electron chi connectivity index (χ1n) is 6.24. The molecular formula is C14H16ClNO. The molecule has 3 atom stereocenters. The first-order chi connectivity index (χ1) is 8.15. The molecule has 0 radical (unpaired) electrons. The molecule has 2 bridgehead atoms. The molecule has 0 spiro atoms. The highest BCUT2D eigenvalue weighted by Crippen LogP contribution is 2.49. The second kappa shape index (κ2) is 4.02. The normalized spacial score (nSPS) is 30.8. The fraction of sp³-hybridized carbons (Fsp3) is 0.500. The minimum atomic E-state index is 0.204. The van der Waals surface area contributed by atoms with Gasteiger partial charge in [-0.2, -0.15) is 0 Å². The van der Waals surface area contributed by atoms with Crippen LogP contribution in [0.3, 0.4) is 0 Å². The van der Waals surface area contributed by atoms with Crippen molar-refractivity contribution in [3.63, 3.8) is 0 Å². The van der Waals surface area contributed by atoms with Crippen molar-refractivity contribution >= 4 is 23.1 Å². The number of halogens is 1. The van der Waals surface area contributed by atoms with Gasteiger partial charge >= 0.3 is 0 Å². The zero-order chi connectivity index (χ0) is 12.0. The van der Waals surface area contributed by atoms with E-state index in [1.807, 2.05) is 0 Å². The maximum absolute atomic E-state index is 12.4. The molecule has 1 aromatic rings. The average molecular weight is 250 g/mol. The first-order valence-corrected chi connectivity index (χ1v) is 6.62. The lowest BCUT2D eigenvalue weighted by atomic mass is 9.83. The molecule has 0 amide bonds.